The zero-order valence-electron chi connectivity index (χ0n) is 67.3. The van der Waals surface area contributed by atoms with Crippen LogP contribution in [0.1, 0.15) is 458 Å². The van der Waals surface area contributed by atoms with E-state index >= 15 is 0 Å². The molecule has 0 aromatic heterocycles. The number of carbonyl (C=O) groups is 4. The zero-order chi connectivity index (χ0) is 75.3. The third kappa shape index (κ3) is 78.0. The average molecular weight is 1510 g/mol. The lowest BCUT2D eigenvalue weighted by atomic mass is 10.0. The molecule has 0 aromatic carbocycles. The van der Waals surface area contributed by atoms with E-state index < -0.39 is 97.5 Å². The van der Waals surface area contributed by atoms with Gasteiger partial charge in [-0.3, -0.25) is 37.3 Å². The van der Waals surface area contributed by atoms with Gasteiger partial charge in [0.2, 0.25) is 0 Å². The Morgan fingerprint density at radius 1 is 0.233 bits per heavy atom. The molecule has 19 heteroatoms. The normalized spacial score (nSPS) is 13.7. The predicted molar refractivity (Wildman–Crippen MR) is 423 cm³/mol. The summed E-state index contributed by atoms with van der Waals surface area (Å²) in [5.74, 6) is -2.10. The maximum Gasteiger partial charge on any atom is 0.472 e. The number of rotatable bonds is 85. The summed E-state index contributed by atoms with van der Waals surface area (Å²) in [6.45, 7) is 5.05. The summed E-state index contributed by atoms with van der Waals surface area (Å²) in [5, 5.41) is 10.7. The van der Waals surface area contributed by atoms with Crippen molar-refractivity contribution in [2.24, 2.45) is 0 Å². The van der Waals surface area contributed by atoms with E-state index in [1.54, 1.807) is 0 Å². The lowest BCUT2D eigenvalue weighted by Crippen LogP contribution is -2.30. The maximum atomic E-state index is 13.1. The van der Waals surface area contributed by atoms with E-state index in [1.165, 1.54) is 289 Å². The lowest BCUT2D eigenvalue weighted by Gasteiger charge is -2.21. The highest BCUT2D eigenvalue weighted by molar-refractivity contribution is 7.47. The zero-order valence-corrected chi connectivity index (χ0v) is 69.1. The van der Waals surface area contributed by atoms with Crippen molar-refractivity contribution in [3.05, 3.63) is 0 Å². The van der Waals surface area contributed by atoms with Crippen LogP contribution < -0.4 is 0 Å². The fourth-order valence-electron chi connectivity index (χ4n) is 13.2. The second-order valence-corrected chi connectivity index (χ2v) is 33.1. The second kappa shape index (κ2) is 78.2. The average Bonchev–Trinajstić information content (AvgIpc) is 0.912. The van der Waals surface area contributed by atoms with E-state index in [1.807, 2.05) is 0 Å². The van der Waals surface area contributed by atoms with E-state index in [-0.39, 0.29) is 25.7 Å². The summed E-state index contributed by atoms with van der Waals surface area (Å²) >= 11 is 0. The Hall–Kier alpha value is -1.94. The Bertz CT molecular complexity index is 1950. The molecular weight excluding hydrogens is 1340 g/mol. The fraction of sp³-hybridized carbons (Fsp3) is 0.952. The maximum absolute atomic E-state index is 13.1. The number of phosphoric ester groups is 2. The Kier molecular flexibility index (Phi) is 76.7. The van der Waals surface area contributed by atoms with Crippen LogP contribution in [0.5, 0.6) is 0 Å². The van der Waals surface area contributed by atoms with Crippen molar-refractivity contribution in [2.45, 2.75) is 476 Å². The number of hydrogen-bond donors (Lipinski definition) is 3. The number of carbonyl (C=O) groups excluding carboxylic acids is 4. The number of unbranched alkanes of at least 4 members (excludes halogenated alkanes) is 59. The molecule has 0 aliphatic rings. The van der Waals surface area contributed by atoms with Crippen LogP contribution in [0, 0.1) is 0 Å². The van der Waals surface area contributed by atoms with E-state index in [0.717, 1.165) is 89.9 Å². The first-order valence-corrected chi connectivity index (χ1v) is 46.8. The number of aliphatic hydroxyl groups excluding tert-OH is 1. The lowest BCUT2D eigenvalue weighted by molar-refractivity contribution is -0.161. The highest BCUT2D eigenvalue weighted by Gasteiger charge is 2.30. The topological polar surface area (TPSA) is 237 Å². The Morgan fingerprint density at radius 3 is 0.573 bits per heavy atom. The summed E-state index contributed by atoms with van der Waals surface area (Å²) in [6.07, 6.45) is 72.1. The van der Waals surface area contributed by atoms with E-state index in [2.05, 4.69) is 27.7 Å². The molecule has 0 fully saturated rings. The molecular formula is C84H164O17P2. The largest absolute Gasteiger partial charge is 0.472 e. The van der Waals surface area contributed by atoms with Gasteiger partial charge in [-0.15, -0.1) is 0 Å². The Labute approximate surface area is 632 Å². The number of esters is 4. The molecule has 0 radical (unpaired) electrons. The molecule has 0 amide bonds. The van der Waals surface area contributed by atoms with Crippen molar-refractivity contribution >= 4 is 39.5 Å². The fourth-order valence-corrected chi connectivity index (χ4v) is 14.7. The standard InChI is InChI=1S/C84H164O17P2/c1-5-9-13-17-21-25-29-33-36-38-39-40-41-42-44-47-51-55-59-63-67-71-84(89)101-80(75-95-82(87)69-65-61-57-53-49-46-43-37-34-30-26-22-18-14-10-6-2)77-99-103(92,93)97-73-78(85)72-96-102(90,91)98-76-79(74-94-81(86)68-64-60-56-52-48-32-28-24-20-16-12-8-4)100-83(88)70-66-62-58-54-50-45-35-31-27-23-19-15-11-7-3/h78-80,85H,5-77H2,1-4H3,(H,90,91)(H,92,93)/t78-,79+,80+/m0/s1. The molecule has 0 rings (SSSR count). The van der Waals surface area contributed by atoms with Gasteiger partial charge in [-0.1, -0.05) is 407 Å². The van der Waals surface area contributed by atoms with Crippen LogP contribution in [0.25, 0.3) is 0 Å². The second-order valence-electron chi connectivity index (χ2n) is 30.2. The van der Waals surface area contributed by atoms with E-state index in [0.29, 0.717) is 25.7 Å². The van der Waals surface area contributed by atoms with Crippen LogP contribution in [0.4, 0.5) is 0 Å². The van der Waals surface area contributed by atoms with Crippen molar-refractivity contribution in [3.63, 3.8) is 0 Å². The molecule has 103 heavy (non-hydrogen) atoms. The first-order chi connectivity index (χ1) is 50.2. The summed E-state index contributed by atoms with van der Waals surface area (Å²) in [4.78, 5) is 73.2. The van der Waals surface area contributed by atoms with Crippen LogP contribution in [0.3, 0.4) is 0 Å². The van der Waals surface area contributed by atoms with Crippen LogP contribution in [-0.4, -0.2) is 96.7 Å². The molecule has 17 nitrogen and oxygen atoms in total. The molecule has 612 valence electrons. The minimum atomic E-state index is -4.96. The molecule has 0 spiro atoms. The van der Waals surface area contributed by atoms with Gasteiger partial charge in [0.1, 0.15) is 19.3 Å². The third-order valence-electron chi connectivity index (χ3n) is 19.9. The molecule has 0 aromatic rings. The molecule has 0 aliphatic carbocycles. The molecule has 3 N–H and O–H groups in total. The molecule has 5 atom stereocenters. The van der Waals surface area contributed by atoms with E-state index in [4.69, 9.17) is 37.0 Å². The van der Waals surface area contributed by atoms with Crippen molar-refractivity contribution in [2.75, 3.05) is 39.6 Å². The quantitative estimate of drug-likeness (QED) is 0.0222. The SMILES string of the molecule is CCCCCCCCCCCCCCCCCCCCCCCC(=O)O[C@H](COC(=O)CCCCCCCCCCCCCCCCCC)COP(=O)(O)OC[C@@H](O)COP(=O)(O)OC[C@@H](COC(=O)CCCCCCCCCCCCCC)OC(=O)CCCCCCCCCCCCCCCC. The first-order valence-electron chi connectivity index (χ1n) is 43.8. The van der Waals surface area contributed by atoms with Gasteiger partial charge < -0.3 is 33.8 Å². The number of phosphoric acid groups is 2. The number of ether oxygens (including phenoxy) is 4. The van der Waals surface area contributed by atoms with Crippen LogP contribution >= 0.6 is 15.6 Å². The molecule has 0 heterocycles. The molecule has 0 saturated carbocycles. The highest BCUT2D eigenvalue weighted by atomic mass is 31.2. The summed E-state index contributed by atoms with van der Waals surface area (Å²) in [6, 6.07) is 0. The molecule has 0 saturated heterocycles. The van der Waals surface area contributed by atoms with Gasteiger partial charge >= 0.3 is 39.5 Å². The van der Waals surface area contributed by atoms with Gasteiger partial charge in [0, 0.05) is 25.7 Å². The Morgan fingerprint density at radius 2 is 0.388 bits per heavy atom. The Balaban J connectivity index is 5.23. The van der Waals surface area contributed by atoms with Gasteiger partial charge in [-0.25, -0.2) is 9.13 Å². The molecule has 0 bridgehead atoms. The van der Waals surface area contributed by atoms with Crippen LogP contribution in [0.15, 0.2) is 0 Å². The first kappa shape index (κ1) is 101. The monoisotopic (exact) mass is 1510 g/mol. The van der Waals surface area contributed by atoms with Crippen LogP contribution in [-0.2, 0) is 65.4 Å². The summed E-state index contributed by atoms with van der Waals surface area (Å²) < 4.78 is 68.8. The van der Waals surface area contributed by atoms with Crippen molar-refractivity contribution in [1.82, 2.24) is 0 Å². The highest BCUT2D eigenvalue weighted by Crippen LogP contribution is 2.45. The van der Waals surface area contributed by atoms with Gasteiger partial charge in [-0.2, -0.15) is 0 Å². The van der Waals surface area contributed by atoms with Crippen molar-refractivity contribution < 1.29 is 80.2 Å². The number of hydrogen-bond acceptors (Lipinski definition) is 15. The minimum Gasteiger partial charge on any atom is -0.462 e. The summed E-state index contributed by atoms with van der Waals surface area (Å²) in [7, 11) is -9.92. The van der Waals surface area contributed by atoms with Gasteiger partial charge in [0.05, 0.1) is 26.4 Å². The molecule has 0 aliphatic heterocycles. The smallest absolute Gasteiger partial charge is 0.462 e. The third-order valence-corrected chi connectivity index (χ3v) is 21.8. The summed E-state index contributed by atoms with van der Waals surface area (Å²) in [5.41, 5.74) is 0. The van der Waals surface area contributed by atoms with Gasteiger partial charge in [-0.05, 0) is 25.7 Å². The van der Waals surface area contributed by atoms with Gasteiger partial charge in [0.25, 0.3) is 0 Å². The van der Waals surface area contributed by atoms with Crippen molar-refractivity contribution in [3.8, 4) is 0 Å². The predicted octanol–water partition coefficient (Wildman–Crippen LogP) is 25.7. The van der Waals surface area contributed by atoms with Gasteiger partial charge in [0.15, 0.2) is 12.2 Å². The molecule has 2 unspecified atom stereocenters. The van der Waals surface area contributed by atoms with Crippen LogP contribution in [0.2, 0.25) is 0 Å². The van der Waals surface area contributed by atoms with E-state index in [9.17, 15) is 43.2 Å². The minimum absolute atomic E-state index is 0.109. The van der Waals surface area contributed by atoms with Crippen molar-refractivity contribution in [1.29, 1.82) is 0 Å². The number of aliphatic hydroxyl groups is 1.